The molecule has 13 heavy (non-hydrogen) atoms. The maximum absolute atomic E-state index is 6.54. The SMILES string of the molecule is [B][N+]12CC[C@@H]3CC[C@@H]4CC[C@@H](C1)C432. The molecular weight excluding hydrogens is 157 g/mol. The van der Waals surface area contributed by atoms with Gasteiger partial charge < -0.3 is 4.39 Å². The summed E-state index contributed by atoms with van der Waals surface area (Å²) in [6.07, 6.45) is 7.43. The summed E-state index contributed by atoms with van der Waals surface area (Å²) in [4.78, 5) is 0. The molecule has 2 saturated carbocycles. The van der Waals surface area contributed by atoms with E-state index in [1.807, 2.05) is 0 Å². The standard InChI is InChI=1S/C11H17BN/c12-13-6-5-9-2-1-8-3-4-10(7-13)11(8,9)13/h8-10H,1-7H2/q+1/t8-,9+,10+,11?,13?/m1/s1. The highest BCUT2D eigenvalue weighted by Crippen LogP contribution is 2.69. The zero-order chi connectivity index (χ0) is 8.68. The average molecular weight is 174 g/mol. The maximum Gasteiger partial charge on any atom is 0.481 e. The van der Waals surface area contributed by atoms with Gasteiger partial charge in [0.1, 0.15) is 0 Å². The summed E-state index contributed by atoms with van der Waals surface area (Å²) < 4.78 is 0.993. The van der Waals surface area contributed by atoms with E-state index < -0.39 is 0 Å². The van der Waals surface area contributed by atoms with Gasteiger partial charge in [-0.3, -0.25) is 0 Å². The van der Waals surface area contributed by atoms with Gasteiger partial charge >= 0.3 is 7.98 Å². The van der Waals surface area contributed by atoms with Crippen LogP contribution < -0.4 is 0 Å². The third-order valence-corrected chi connectivity index (χ3v) is 5.88. The molecule has 4 aliphatic rings. The van der Waals surface area contributed by atoms with Crippen molar-refractivity contribution in [2.75, 3.05) is 13.1 Å². The fourth-order valence-electron chi connectivity index (χ4n) is 5.69. The minimum atomic E-state index is 0.625. The van der Waals surface area contributed by atoms with Crippen LogP contribution in [-0.4, -0.2) is 31.0 Å². The molecule has 2 aliphatic carbocycles. The highest BCUT2D eigenvalue weighted by atomic mass is 15.4. The molecule has 2 saturated heterocycles. The molecule has 2 heterocycles. The molecule has 1 nitrogen and oxygen atoms in total. The molecule has 68 valence electrons. The van der Waals surface area contributed by atoms with Crippen LogP contribution in [0.25, 0.3) is 0 Å². The predicted octanol–water partition coefficient (Wildman–Crippen LogP) is 1.48. The van der Waals surface area contributed by atoms with Crippen molar-refractivity contribution in [2.45, 2.75) is 37.6 Å². The monoisotopic (exact) mass is 174 g/mol. The first kappa shape index (κ1) is 7.33. The van der Waals surface area contributed by atoms with Gasteiger partial charge in [-0.05, 0) is 25.7 Å². The fourth-order valence-corrected chi connectivity index (χ4v) is 5.69. The van der Waals surface area contributed by atoms with E-state index in [0.29, 0.717) is 5.54 Å². The molecule has 2 heteroatoms. The van der Waals surface area contributed by atoms with Crippen LogP contribution in [0.2, 0.25) is 0 Å². The summed E-state index contributed by atoms with van der Waals surface area (Å²) in [5.41, 5.74) is 0.625. The number of rotatable bonds is 0. The Morgan fingerprint density at radius 3 is 2.31 bits per heavy atom. The van der Waals surface area contributed by atoms with E-state index in [-0.39, 0.29) is 0 Å². The van der Waals surface area contributed by atoms with Gasteiger partial charge in [0.05, 0.1) is 24.5 Å². The van der Waals surface area contributed by atoms with E-state index in [1.165, 1.54) is 45.2 Å². The van der Waals surface area contributed by atoms with Crippen LogP contribution in [0.1, 0.15) is 32.1 Å². The molecule has 4 fully saturated rings. The van der Waals surface area contributed by atoms with Crippen molar-refractivity contribution in [3.05, 3.63) is 0 Å². The zero-order valence-electron chi connectivity index (χ0n) is 8.21. The Labute approximate surface area is 81.5 Å². The topological polar surface area (TPSA) is 0 Å². The second kappa shape index (κ2) is 1.86. The van der Waals surface area contributed by atoms with Gasteiger partial charge in [-0.15, -0.1) is 0 Å². The first-order valence-corrected chi connectivity index (χ1v) is 5.93. The van der Waals surface area contributed by atoms with Crippen molar-refractivity contribution in [1.82, 2.24) is 0 Å². The van der Waals surface area contributed by atoms with Gasteiger partial charge in [0, 0.05) is 18.3 Å². The maximum atomic E-state index is 6.54. The first-order chi connectivity index (χ1) is 6.27. The number of nitrogens with zero attached hydrogens (tertiary/aromatic N) is 1. The Bertz CT molecular complexity index is 269. The minimum Gasteiger partial charge on any atom is -0.390 e. The van der Waals surface area contributed by atoms with Crippen LogP contribution in [0.15, 0.2) is 0 Å². The van der Waals surface area contributed by atoms with Gasteiger partial charge in [0.2, 0.25) is 0 Å². The normalized spacial score (nSPS) is 67.5. The molecule has 0 aromatic carbocycles. The van der Waals surface area contributed by atoms with E-state index in [2.05, 4.69) is 0 Å². The van der Waals surface area contributed by atoms with Crippen molar-refractivity contribution in [1.29, 1.82) is 0 Å². The Kier molecular flexibility index (Phi) is 1.05. The van der Waals surface area contributed by atoms with Crippen molar-refractivity contribution < 1.29 is 4.39 Å². The van der Waals surface area contributed by atoms with Crippen molar-refractivity contribution in [2.24, 2.45) is 17.8 Å². The van der Waals surface area contributed by atoms with E-state index >= 15 is 0 Å². The molecule has 2 aliphatic heterocycles. The highest BCUT2D eigenvalue weighted by molar-refractivity contribution is 5.98. The highest BCUT2D eigenvalue weighted by Gasteiger charge is 2.77. The summed E-state index contributed by atoms with van der Waals surface area (Å²) in [5, 5.41) is 0. The lowest BCUT2D eigenvalue weighted by atomic mass is 9.66. The molecule has 0 N–H and O–H groups in total. The lowest BCUT2D eigenvalue weighted by molar-refractivity contribution is -0.921. The van der Waals surface area contributed by atoms with E-state index in [1.54, 1.807) is 0 Å². The second-order valence-electron chi connectivity index (χ2n) is 5.86. The van der Waals surface area contributed by atoms with Gasteiger partial charge in [-0.2, -0.15) is 0 Å². The number of quaternary nitrogens is 1. The first-order valence-electron chi connectivity index (χ1n) is 5.93. The minimum absolute atomic E-state index is 0.625. The zero-order valence-corrected chi connectivity index (χ0v) is 8.21. The van der Waals surface area contributed by atoms with Gasteiger partial charge in [-0.1, -0.05) is 0 Å². The second-order valence-corrected chi connectivity index (χ2v) is 5.86. The van der Waals surface area contributed by atoms with Crippen molar-refractivity contribution in [3.63, 3.8) is 0 Å². The van der Waals surface area contributed by atoms with Crippen LogP contribution in [0.3, 0.4) is 0 Å². The molecule has 0 amide bonds. The molecule has 0 aromatic rings. The molecule has 2 radical (unpaired) electrons. The van der Waals surface area contributed by atoms with Crippen LogP contribution in [0.4, 0.5) is 0 Å². The average Bonchev–Trinajstić information content (AvgIpc) is 2.66. The van der Waals surface area contributed by atoms with Crippen LogP contribution in [0, 0.1) is 17.8 Å². The third kappa shape index (κ3) is 0.524. The molecule has 4 rings (SSSR count). The summed E-state index contributed by atoms with van der Waals surface area (Å²) >= 11 is 0. The van der Waals surface area contributed by atoms with Crippen LogP contribution >= 0.6 is 0 Å². The van der Waals surface area contributed by atoms with E-state index in [0.717, 1.165) is 22.1 Å². The molecule has 0 bridgehead atoms. The summed E-state index contributed by atoms with van der Waals surface area (Å²) in [5.74, 6) is 3.06. The lowest BCUT2D eigenvalue weighted by Crippen LogP contribution is -2.76. The summed E-state index contributed by atoms with van der Waals surface area (Å²) in [7, 11) is 6.54. The molecule has 2 unspecified atom stereocenters. The Morgan fingerprint density at radius 1 is 0.923 bits per heavy atom. The lowest BCUT2D eigenvalue weighted by Gasteiger charge is -2.61. The molecular formula is C11H17BN+. The van der Waals surface area contributed by atoms with Crippen LogP contribution in [0.5, 0.6) is 0 Å². The quantitative estimate of drug-likeness (QED) is 0.488. The number of hydrogen-bond donors (Lipinski definition) is 0. The van der Waals surface area contributed by atoms with Gasteiger partial charge in [-0.25, -0.2) is 0 Å². The molecule has 1 spiro atoms. The van der Waals surface area contributed by atoms with E-state index in [9.17, 15) is 0 Å². The number of hydrogen-bond acceptors (Lipinski definition) is 0. The van der Waals surface area contributed by atoms with Crippen molar-refractivity contribution in [3.8, 4) is 0 Å². The van der Waals surface area contributed by atoms with Crippen molar-refractivity contribution >= 4 is 7.98 Å². The largest absolute Gasteiger partial charge is 0.481 e. The Balaban J connectivity index is 1.90. The summed E-state index contributed by atoms with van der Waals surface area (Å²) in [6.45, 7) is 2.60. The van der Waals surface area contributed by atoms with Gasteiger partial charge in [0.15, 0.2) is 0 Å². The summed E-state index contributed by atoms with van der Waals surface area (Å²) in [6, 6.07) is 0. The smallest absolute Gasteiger partial charge is 0.390 e. The van der Waals surface area contributed by atoms with E-state index in [4.69, 9.17) is 7.98 Å². The fraction of sp³-hybridized carbons (Fsp3) is 1.00. The van der Waals surface area contributed by atoms with Gasteiger partial charge in [0.25, 0.3) is 0 Å². The predicted molar refractivity (Wildman–Crippen MR) is 52.0 cm³/mol. The Hall–Kier alpha value is 0.0249. The molecule has 5 atom stereocenters. The third-order valence-electron chi connectivity index (χ3n) is 5.88. The van der Waals surface area contributed by atoms with Crippen LogP contribution in [-0.2, 0) is 0 Å². The molecule has 0 aromatic heterocycles. The Morgan fingerprint density at radius 2 is 1.54 bits per heavy atom.